The lowest BCUT2D eigenvalue weighted by atomic mass is 9.84. The number of nitrogens with one attached hydrogen (secondary N) is 1. The van der Waals surface area contributed by atoms with Crippen molar-refractivity contribution in [3.8, 4) is 0 Å². The van der Waals surface area contributed by atoms with Gasteiger partial charge in [-0.2, -0.15) is 0 Å². The molecule has 0 spiro atoms. The van der Waals surface area contributed by atoms with E-state index in [2.05, 4.69) is 19.2 Å². The predicted octanol–water partition coefficient (Wildman–Crippen LogP) is 3.09. The van der Waals surface area contributed by atoms with E-state index in [9.17, 15) is 9.90 Å². The largest absolute Gasteiger partial charge is 0.396 e. The van der Waals surface area contributed by atoms with Crippen LogP contribution in [0.3, 0.4) is 0 Å². The summed E-state index contributed by atoms with van der Waals surface area (Å²) in [5, 5.41) is 12.6. The van der Waals surface area contributed by atoms with Gasteiger partial charge in [-0.1, -0.05) is 57.0 Å². The van der Waals surface area contributed by atoms with E-state index in [0.29, 0.717) is 5.92 Å². The van der Waals surface area contributed by atoms with Gasteiger partial charge in [0, 0.05) is 18.6 Å². The Balaban J connectivity index is 2.12. The number of aliphatic hydroxyl groups excluding tert-OH is 1. The van der Waals surface area contributed by atoms with Crippen molar-refractivity contribution in [2.24, 2.45) is 11.8 Å². The highest BCUT2D eigenvalue weighted by Crippen LogP contribution is 2.30. The van der Waals surface area contributed by atoms with Crippen molar-refractivity contribution in [3.05, 3.63) is 35.9 Å². The molecule has 0 saturated heterocycles. The van der Waals surface area contributed by atoms with Crippen molar-refractivity contribution in [2.75, 3.05) is 6.61 Å². The number of benzene rings is 1. The lowest BCUT2D eigenvalue weighted by Gasteiger charge is -2.26. The fourth-order valence-corrected chi connectivity index (χ4v) is 3.35. The smallest absolute Gasteiger partial charge is 0.228 e. The Hall–Kier alpha value is -1.35. The molecule has 116 valence electrons. The summed E-state index contributed by atoms with van der Waals surface area (Å²) in [6.45, 7) is 4.43. The maximum atomic E-state index is 12.8. The molecule has 3 nitrogen and oxygen atoms in total. The van der Waals surface area contributed by atoms with E-state index in [1.165, 1.54) is 0 Å². The number of rotatable bonds is 6. The van der Waals surface area contributed by atoms with Gasteiger partial charge in [-0.3, -0.25) is 4.79 Å². The molecule has 0 aliphatic heterocycles. The molecule has 0 radical (unpaired) electrons. The summed E-state index contributed by atoms with van der Waals surface area (Å²) < 4.78 is 0. The second-order valence-corrected chi connectivity index (χ2v) is 6.26. The number of aliphatic hydroxyl groups is 1. The van der Waals surface area contributed by atoms with Crippen LogP contribution < -0.4 is 5.32 Å². The van der Waals surface area contributed by atoms with Crippen LogP contribution in [0, 0.1) is 11.8 Å². The summed E-state index contributed by atoms with van der Waals surface area (Å²) in [6, 6.07) is 10.2. The van der Waals surface area contributed by atoms with Gasteiger partial charge in [0.15, 0.2) is 0 Å². The van der Waals surface area contributed by atoms with E-state index < -0.39 is 0 Å². The lowest BCUT2D eigenvalue weighted by molar-refractivity contribution is -0.124. The predicted molar refractivity (Wildman–Crippen MR) is 85.0 cm³/mol. The van der Waals surface area contributed by atoms with E-state index in [1.807, 2.05) is 30.3 Å². The summed E-state index contributed by atoms with van der Waals surface area (Å²) in [5.41, 5.74) is 1.09. The van der Waals surface area contributed by atoms with Gasteiger partial charge in [0.2, 0.25) is 5.91 Å². The molecule has 2 N–H and O–H groups in total. The zero-order valence-corrected chi connectivity index (χ0v) is 13.1. The summed E-state index contributed by atoms with van der Waals surface area (Å²) in [5.74, 6) is 0.542. The molecule has 2 rings (SSSR count). The summed E-state index contributed by atoms with van der Waals surface area (Å²) in [7, 11) is 0. The van der Waals surface area contributed by atoms with Crippen molar-refractivity contribution in [2.45, 2.75) is 51.5 Å². The van der Waals surface area contributed by atoms with Crippen molar-refractivity contribution in [1.82, 2.24) is 5.32 Å². The van der Waals surface area contributed by atoms with Crippen LogP contribution in [0.15, 0.2) is 30.3 Å². The fraction of sp³-hybridized carbons (Fsp3) is 0.611. The molecule has 1 fully saturated rings. The number of hydrogen-bond donors (Lipinski definition) is 2. The lowest BCUT2D eigenvalue weighted by Crippen LogP contribution is -2.42. The Morgan fingerprint density at radius 2 is 2.05 bits per heavy atom. The van der Waals surface area contributed by atoms with Gasteiger partial charge in [-0.15, -0.1) is 0 Å². The molecule has 3 heteroatoms. The molecule has 1 aliphatic rings. The monoisotopic (exact) mass is 289 g/mol. The highest BCUT2D eigenvalue weighted by molar-refractivity contribution is 5.84. The molecule has 4 atom stereocenters. The van der Waals surface area contributed by atoms with Crippen LogP contribution in [0.4, 0.5) is 0 Å². The SMILES string of the molecule is CCC(C)C(C(=O)NC1CCCC1CO)c1ccccc1. The van der Waals surface area contributed by atoms with Gasteiger partial charge in [0.1, 0.15) is 0 Å². The average molecular weight is 289 g/mol. The van der Waals surface area contributed by atoms with Crippen LogP contribution in [-0.4, -0.2) is 23.7 Å². The van der Waals surface area contributed by atoms with Crippen molar-refractivity contribution < 1.29 is 9.90 Å². The Bertz CT molecular complexity index is 446. The molecule has 0 bridgehead atoms. The number of carbonyl (C=O) groups excluding carboxylic acids is 1. The Morgan fingerprint density at radius 1 is 1.33 bits per heavy atom. The van der Waals surface area contributed by atoms with Gasteiger partial charge < -0.3 is 10.4 Å². The number of amides is 1. The average Bonchev–Trinajstić information content (AvgIpc) is 2.95. The minimum absolute atomic E-state index is 0.101. The second-order valence-electron chi connectivity index (χ2n) is 6.26. The number of carbonyl (C=O) groups is 1. The van der Waals surface area contributed by atoms with Crippen LogP contribution in [0.5, 0.6) is 0 Å². The van der Waals surface area contributed by atoms with Crippen LogP contribution in [0.25, 0.3) is 0 Å². The van der Waals surface area contributed by atoms with E-state index in [0.717, 1.165) is 31.2 Å². The number of hydrogen-bond acceptors (Lipinski definition) is 2. The highest BCUT2D eigenvalue weighted by atomic mass is 16.3. The van der Waals surface area contributed by atoms with E-state index >= 15 is 0 Å². The molecule has 1 aromatic carbocycles. The van der Waals surface area contributed by atoms with Crippen LogP contribution >= 0.6 is 0 Å². The molecule has 21 heavy (non-hydrogen) atoms. The first-order valence-electron chi connectivity index (χ1n) is 8.13. The van der Waals surface area contributed by atoms with Crippen LogP contribution in [0.1, 0.15) is 51.0 Å². The molecule has 0 heterocycles. The van der Waals surface area contributed by atoms with Gasteiger partial charge >= 0.3 is 0 Å². The van der Waals surface area contributed by atoms with E-state index in [4.69, 9.17) is 0 Å². The topological polar surface area (TPSA) is 49.3 Å². The first-order chi connectivity index (χ1) is 10.2. The van der Waals surface area contributed by atoms with Crippen LogP contribution in [-0.2, 0) is 4.79 Å². The van der Waals surface area contributed by atoms with Gasteiger partial charge in [-0.25, -0.2) is 0 Å². The summed E-state index contributed by atoms with van der Waals surface area (Å²) >= 11 is 0. The van der Waals surface area contributed by atoms with Gasteiger partial charge in [0.05, 0.1) is 5.92 Å². The quantitative estimate of drug-likeness (QED) is 0.845. The third-order valence-corrected chi connectivity index (χ3v) is 4.88. The zero-order valence-electron chi connectivity index (χ0n) is 13.1. The van der Waals surface area contributed by atoms with Gasteiger partial charge in [0.25, 0.3) is 0 Å². The zero-order chi connectivity index (χ0) is 15.2. The minimum Gasteiger partial charge on any atom is -0.396 e. The second kappa shape index (κ2) is 7.60. The van der Waals surface area contributed by atoms with Crippen LogP contribution in [0.2, 0.25) is 0 Å². The van der Waals surface area contributed by atoms with Crippen molar-refractivity contribution in [3.63, 3.8) is 0 Å². The minimum atomic E-state index is -0.101. The van der Waals surface area contributed by atoms with E-state index in [1.54, 1.807) is 0 Å². The Kier molecular flexibility index (Phi) is 5.80. The molecule has 1 saturated carbocycles. The Labute approximate surface area is 127 Å². The van der Waals surface area contributed by atoms with E-state index in [-0.39, 0.29) is 30.4 Å². The molecule has 1 aromatic rings. The third kappa shape index (κ3) is 3.85. The molecule has 1 amide bonds. The van der Waals surface area contributed by atoms with Crippen molar-refractivity contribution in [1.29, 1.82) is 0 Å². The fourth-order valence-electron chi connectivity index (χ4n) is 3.35. The summed E-state index contributed by atoms with van der Waals surface area (Å²) in [6.07, 6.45) is 4.07. The maximum Gasteiger partial charge on any atom is 0.228 e. The molecular weight excluding hydrogens is 262 g/mol. The van der Waals surface area contributed by atoms with Crippen molar-refractivity contribution >= 4 is 5.91 Å². The summed E-state index contributed by atoms with van der Waals surface area (Å²) in [4.78, 5) is 12.8. The molecule has 4 unspecified atom stereocenters. The molecule has 0 aromatic heterocycles. The normalized spacial score (nSPS) is 24.5. The standard InChI is InChI=1S/C18H27NO2/c1-3-13(2)17(14-8-5-4-6-9-14)18(21)19-16-11-7-10-15(16)12-20/h4-6,8-9,13,15-17,20H,3,7,10-12H2,1-2H3,(H,19,21). The molecular formula is C18H27NO2. The highest BCUT2D eigenvalue weighted by Gasteiger charge is 2.32. The molecule has 1 aliphatic carbocycles. The first kappa shape index (κ1) is 16.0. The third-order valence-electron chi connectivity index (χ3n) is 4.88. The maximum absolute atomic E-state index is 12.8. The first-order valence-corrected chi connectivity index (χ1v) is 8.13. The van der Waals surface area contributed by atoms with Gasteiger partial charge in [-0.05, 0) is 24.3 Å². The Morgan fingerprint density at radius 3 is 2.67 bits per heavy atom.